The summed E-state index contributed by atoms with van der Waals surface area (Å²) < 4.78 is 5.90. The van der Waals surface area contributed by atoms with Crippen molar-refractivity contribution in [2.75, 3.05) is 19.7 Å². The first kappa shape index (κ1) is 16.7. The molecule has 1 aliphatic rings. The van der Waals surface area contributed by atoms with E-state index < -0.39 is 0 Å². The number of carbonyl (C=O) groups excluding carboxylic acids is 1. The third kappa shape index (κ3) is 4.04. The van der Waals surface area contributed by atoms with Crippen LogP contribution in [-0.4, -0.2) is 30.5 Å². The number of hydrogen-bond acceptors (Lipinski definition) is 2. The van der Waals surface area contributed by atoms with Crippen LogP contribution in [0.4, 0.5) is 0 Å². The van der Waals surface area contributed by atoms with Crippen molar-refractivity contribution in [2.45, 2.75) is 32.3 Å². The Balaban J connectivity index is 1.64. The van der Waals surface area contributed by atoms with Gasteiger partial charge in [-0.3, -0.25) is 4.79 Å². The molecule has 0 radical (unpaired) electrons. The van der Waals surface area contributed by atoms with Crippen molar-refractivity contribution in [3.63, 3.8) is 0 Å². The molecular formula is C21H25NO2. The van der Waals surface area contributed by atoms with E-state index in [9.17, 15) is 4.79 Å². The van der Waals surface area contributed by atoms with Crippen molar-refractivity contribution < 1.29 is 9.53 Å². The number of morpholine rings is 1. The summed E-state index contributed by atoms with van der Waals surface area (Å²) in [5, 5.41) is 0. The summed E-state index contributed by atoms with van der Waals surface area (Å²) in [7, 11) is 0. The molecule has 3 rings (SSSR count). The first-order valence-corrected chi connectivity index (χ1v) is 8.66. The average Bonchev–Trinajstić information content (AvgIpc) is 2.63. The lowest BCUT2D eigenvalue weighted by Gasteiger charge is -2.33. The Bertz CT molecular complexity index is 664. The molecule has 0 aliphatic carbocycles. The van der Waals surface area contributed by atoms with Crippen molar-refractivity contribution in [1.29, 1.82) is 0 Å². The second-order valence-corrected chi connectivity index (χ2v) is 6.68. The van der Waals surface area contributed by atoms with Gasteiger partial charge in [0, 0.05) is 6.54 Å². The number of amides is 1. The Morgan fingerprint density at radius 3 is 2.50 bits per heavy atom. The number of rotatable bonds is 4. The standard InChI is InChI=1S/C21H25NO2/c1-16(2)18-8-10-19(11-9-18)20-15-22(12-13-24-20)21(23)14-17-6-4-3-5-7-17/h3-11,16,20H,12-15H2,1-2H3. The molecule has 3 nitrogen and oxygen atoms in total. The normalized spacial score (nSPS) is 18.0. The zero-order valence-electron chi connectivity index (χ0n) is 14.4. The fraction of sp³-hybridized carbons (Fsp3) is 0.381. The van der Waals surface area contributed by atoms with Gasteiger partial charge in [-0.25, -0.2) is 0 Å². The van der Waals surface area contributed by atoms with E-state index in [1.165, 1.54) is 5.56 Å². The Kier molecular flexibility index (Phi) is 5.31. The summed E-state index contributed by atoms with van der Waals surface area (Å²) >= 11 is 0. The van der Waals surface area contributed by atoms with Crippen LogP contribution in [0, 0.1) is 0 Å². The zero-order chi connectivity index (χ0) is 16.9. The Hall–Kier alpha value is -2.13. The van der Waals surface area contributed by atoms with E-state index in [4.69, 9.17) is 4.74 Å². The van der Waals surface area contributed by atoms with E-state index in [1.807, 2.05) is 35.2 Å². The van der Waals surface area contributed by atoms with E-state index in [1.54, 1.807) is 0 Å². The van der Waals surface area contributed by atoms with E-state index in [0.29, 0.717) is 32.0 Å². The molecule has 2 aromatic rings. The smallest absolute Gasteiger partial charge is 0.227 e. The highest BCUT2D eigenvalue weighted by atomic mass is 16.5. The molecule has 2 aromatic carbocycles. The second-order valence-electron chi connectivity index (χ2n) is 6.68. The maximum atomic E-state index is 12.6. The molecule has 1 saturated heterocycles. The third-order valence-corrected chi connectivity index (χ3v) is 4.59. The number of nitrogens with zero attached hydrogens (tertiary/aromatic N) is 1. The summed E-state index contributed by atoms with van der Waals surface area (Å²) in [6.07, 6.45) is 0.430. The van der Waals surface area contributed by atoms with Crippen LogP contribution in [0.25, 0.3) is 0 Å². The number of carbonyl (C=O) groups is 1. The van der Waals surface area contributed by atoms with Gasteiger partial charge in [0.2, 0.25) is 5.91 Å². The molecule has 0 N–H and O–H groups in total. The summed E-state index contributed by atoms with van der Waals surface area (Å²) in [5.74, 6) is 0.698. The minimum atomic E-state index is -0.0281. The molecule has 24 heavy (non-hydrogen) atoms. The summed E-state index contributed by atoms with van der Waals surface area (Å²) in [6, 6.07) is 18.5. The van der Waals surface area contributed by atoms with Crippen LogP contribution in [0.3, 0.4) is 0 Å². The largest absolute Gasteiger partial charge is 0.370 e. The molecular weight excluding hydrogens is 298 g/mol. The van der Waals surface area contributed by atoms with Gasteiger partial charge in [-0.2, -0.15) is 0 Å². The van der Waals surface area contributed by atoms with Gasteiger partial charge in [-0.05, 0) is 22.6 Å². The van der Waals surface area contributed by atoms with Gasteiger partial charge >= 0.3 is 0 Å². The minimum Gasteiger partial charge on any atom is -0.370 e. The molecule has 1 atom stereocenters. The van der Waals surface area contributed by atoms with Crippen LogP contribution in [0.2, 0.25) is 0 Å². The molecule has 3 heteroatoms. The van der Waals surface area contributed by atoms with E-state index in [0.717, 1.165) is 11.1 Å². The third-order valence-electron chi connectivity index (χ3n) is 4.59. The van der Waals surface area contributed by atoms with Crippen molar-refractivity contribution >= 4 is 5.91 Å². The topological polar surface area (TPSA) is 29.5 Å². The summed E-state index contributed by atoms with van der Waals surface area (Å²) in [5.41, 5.74) is 3.54. The van der Waals surface area contributed by atoms with Crippen LogP contribution in [-0.2, 0) is 16.0 Å². The lowest BCUT2D eigenvalue weighted by atomic mass is 9.99. The molecule has 0 spiro atoms. The van der Waals surface area contributed by atoms with Gasteiger partial charge in [-0.1, -0.05) is 68.4 Å². The molecule has 0 saturated carbocycles. The van der Waals surface area contributed by atoms with Crippen LogP contribution < -0.4 is 0 Å². The van der Waals surface area contributed by atoms with E-state index >= 15 is 0 Å². The van der Waals surface area contributed by atoms with Crippen molar-refractivity contribution in [3.8, 4) is 0 Å². The minimum absolute atomic E-state index is 0.0281. The van der Waals surface area contributed by atoms with E-state index in [2.05, 4.69) is 38.1 Å². The van der Waals surface area contributed by atoms with Crippen LogP contribution in [0.5, 0.6) is 0 Å². The van der Waals surface area contributed by atoms with Gasteiger partial charge in [0.05, 0.1) is 19.6 Å². The van der Waals surface area contributed by atoms with Crippen molar-refractivity contribution in [1.82, 2.24) is 4.90 Å². The average molecular weight is 323 g/mol. The van der Waals surface area contributed by atoms with E-state index in [-0.39, 0.29) is 12.0 Å². The summed E-state index contributed by atoms with van der Waals surface area (Å²) in [4.78, 5) is 14.5. The quantitative estimate of drug-likeness (QED) is 0.852. The molecule has 126 valence electrons. The second kappa shape index (κ2) is 7.63. The molecule has 1 aliphatic heterocycles. The zero-order valence-corrected chi connectivity index (χ0v) is 14.4. The molecule has 0 bridgehead atoms. The SMILES string of the molecule is CC(C)c1ccc(C2CN(C(=O)Cc3ccccc3)CCO2)cc1. The number of hydrogen-bond donors (Lipinski definition) is 0. The molecule has 1 unspecified atom stereocenters. The van der Waals surface area contributed by atoms with Crippen LogP contribution >= 0.6 is 0 Å². The Labute approximate surface area is 144 Å². The van der Waals surface area contributed by atoms with Crippen LogP contribution in [0.1, 0.15) is 42.6 Å². The number of ether oxygens (including phenoxy) is 1. The van der Waals surface area contributed by atoms with Gasteiger partial charge in [0.25, 0.3) is 0 Å². The molecule has 1 fully saturated rings. The Morgan fingerprint density at radius 1 is 1.12 bits per heavy atom. The van der Waals surface area contributed by atoms with Crippen molar-refractivity contribution in [3.05, 3.63) is 71.3 Å². The predicted octanol–water partition coefficient (Wildman–Crippen LogP) is 3.95. The lowest BCUT2D eigenvalue weighted by molar-refractivity contribution is -0.138. The maximum Gasteiger partial charge on any atom is 0.227 e. The molecule has 0 aromatic heterocycles. The fourth-order valence-corrected chi connectivity index (χ4v) is 3.06. The predicted molar refractivity (Wildman–Crippen MR) is 96.0 cm³/mol. The van der Waals surface area contributed by atoms with Gasteiger partial charge < -0.3 is 9.64 Å². The highest BCUT2D eigenvalue weighted by Gasteiger charge is 2.25. The van der Waals surface area contributed by atoms with Gasteiger partial charge in [0.15, 0.2) is 0 Å². The first-order chi connectivity index (χ1) is 11.6. The van der Waals surface area contributed by atoms with Gasteiger partial charge in [0.1, 0.15) is 6.10 Å². The summed E-state index contributed by atoms with van der Waals surface area (Å²) in [6.45, 7) is 6.28. The first-order valence-electron chi connectivity index (χ1n) is 8.66. The molecule has 1 amide bonds. The number of benzene rings is 2. The highest BCUT2D eigenvalue weighted by molar-refractivity contribution is 5.78. The van der Waals surface area contributed by atoms with Crippen molar-refractivity contribution in [2.24, 2.45) is 0 Å². The monoisotopic (exact) mass is 323 g/mol. The van der Waals surface area contributed by atoms with Gasteiger partial charge in [-0.15, -0.1) is 0 Å². The molecule has 1 heterocycles. The lowest BCUT2D eigenvalue weighted by Crippen LogP contribution is -2.42. The highest BCUT2D eigenvalue weighted by Crippen LogP contribution is 2.24. The maximum absolute atomic E-state index is 12.6. The fourth-order valence-electron chi connectivity index (χ4n) is 3.06. The van der Waals surface area contributed by atoms with Crippen LogP contribution in [0.15, 0.2) is 54.6 Å². The Morgan fingerprint density at radius 2 is 1.83 bits per heavy atom.